The van der Waals surface area contributed by atoms with Gasteiger partial charge in [0.1, 0.15) is 12.7 Å². The molecule has 0 bridgehead atoms. The van der Waals surface area contributed by atoms with Crippen molar-refractivity contribution in [1.82, 2.24) is 0 Å². The normalized spacial score (nSPS) is 12.6. The average Bonchev–Trinajstić information content (AvgIpc) is 2.35. The number of rotatable bonds is 3. The Morgan fingerprint density at radius 3 is 2.21 bits per heavy atom. The van der Waals surface area contributed by atoms with Crippen molar-refractivity contribution in [3.05, 3.63) is 35.9 Å². The number of carbonyl (C=O) groups is 2. The van der Waals surface area contributed by atoms with Gasteiger partial charge < -0.3 is 9.47 Å². The molecule has 4 nitrogen and oxygen atoms in total. The molecule has 1 aromatic rings. The zero-order valence-corrected chi connectivity index (χ0v) is 11.8. The summed E-state index contributed by atoms with van der Waals surface area (Å²) in [6.07, 6.45) is -0.357. The summed E-state index contributed by atoms with van der Waals surface area (Å²) in [5.41, 5.74) is 0.613. The largest absolute Gasteiger partial charge is 0.454 e. The molecule has 104 valence electrons. The first-order valence-electron chi connectivity index (χ1n) is 6.22. The molecule has 0 aliphatic rings. The zero-order valence-electron chi connectivity index (χ0n) is 11.8. The molecule has 0 radical (unpaired) electrons. The molecule has 0 heterocycles. The first-order chi connectivity index (χ1) is 8.80. The second-order valence-electron chi connectivity index (χ2n) is 5.48. The molecule has 1 aromatic carbocycles. The number of esters is 2. The van der Waals surface area contributed by atoms with Gasteiger partial charge in [-0.2, -0.15) is 0 Å². The van der Waals surface area contributed by atoms with Crippen LogP contribution in [0.15, 0.2) is 30.3 Å². The molecule has 0 spiro atoms. The Bertz CT molecular complexity index is 431. The van der Waals surface area contributed by atoms with E-state index in [2.05, 4.69) is 0 Å². The molecule has 0 aliphatic heterocycles. The molecule has 0 saturated carbocycles. The Kier molecular flexibility index (Phi) is 5.10. The van der Waals surface area contributed by atoms with Gasteiger partial charge in [0.05, 0.1) is 0 Å². The summed E-state index contributed by atoms with van der Waals surface area (Å²) in [5, 5.41) is 0. The van der Waals surface area contributed by atoms with Gasteiger partial charge in [-0.25, -0.2) is 9.59 Å². The van der Waals surface area contributed by atoms with Gasteiger partial charge in [-0.15, -0.1) is 0 Å². The molecular weight excluding hydrogens is 244 g/mol. The SMILES string of the molecule is C[C@@H](OC(=O)C(=O)OCc1ccccc1)C(C)(C)C. The van der Waals surface area contributed by atoms with Crippen molar-refractivity contribution in [2.24, 2.45) is 5.41 Å². The molecule has 0 amide bonds. The summed E-state index contributed by atoms with van der Waals surface area (Å²) in [6.45, 7) is 7.61. The fraction of sp³-hybridized carbons (Fsp3) is 0.467. The number of ether oxygens (including phenoxy) is 2. The van der Waals surface area contributed by atoms with E-state index < -0.39 is 11.9 Å². The van der Waals surface area contributed by atoms with Gasteiger partial charge in [0.25, 0.3) is 0 Å². The topological polar surface area (TPSA) is 52.6 Å². The molecular formula is C15H20O4. The zero-order chi connectivity index (χ0) is 14.5. The van der Waals surface area contributed by atoms with Crippen LogP contribution in [0.1, 0.15) is 33.3 Å². The quantitative estimate of drug-likeness (QED) is 0.622. The summed E-state index contributed by atoms with van der Waals surface area (Å²) >= 11 is 0. The smallest absolute Gasteiger partial charge is 0.417 e. The van der Waals surface area contributed by atoms with E-state index in [1.807, 2.05) is 51.1 Å². The summed E-state index contributed by atoms with van der Waals surface area (Å²) in [4.78, 5) is 23.0. The summed E-state index contributed by atoms with van der Waals surface area (Å²) in [6, 6.07) is 9.17. The Morgan fingerprint density at radius 2 is 1.68 bits per heavy atom. The van der Waals surface area contributed by atoms with Gasteiger partial charge in [-0.05, 0) is 17.9 Å². The Balaban J connectivity index is 2.44. The van der Waals surface area contributed by atoms with Crippen molar-refractivity contribution < 1.29 is 19.1 Å². The van der Waals surface area contributed by atoms with Crippen molar-refractivity contribution in [2.75, 3.05) is 0 Å². The number of benzene rings is 1. The first kappa shape index (κ1) is 15.2. The van der Waals surface area contributed by atoms with Crippen molar-refractivity contribution in [3.8, 4) is 0 Å². The number of hydrogen-bond donors (Lipinski definition) is 0. The van der Waals surface area contributed by atoms with E-state index in [4.69, 9.17) is 9.47 Å². The van der Waals surface area contributed by atoms with Crippen LogP contribution in [-0.2, 0) is 25.7 Å². The standard InChI is InChI=1S/C15H20O4/c1-11(15(2,3)4)19-14(17)13(16)18-10-12-8-6-5-7-9-12/h5-9,11H,10H2,1-4H3/t11-/m1/s1. The van der Waals surface area contributed by atoms with E-state index >= 15 is 0 Å². The van der Waals surface area contributed by atoms with Crippen molar-refractivity contribution in [3.63, 3.8) is 0 Å². The van der Waals surface area contributed by atoms with Crippen LogP contribution in [0.3, 0.4) is 0 Å². The van der Waals surface area contributed by atoms with Crippen LogP contribution in [0.2, 0.25) is 0 Å². The second kappa shape index (κ2) is 6.36. The van der Waals surface area contributed by atoms with Gasteiger partial charge in [-0.1, -0.05) is 51.1 Å². The maximum absolute atomic E-state index is 11.5. The lowest BCUT2D eigenvalue weighted by atomic mass is 9.90. The first-order valence-corrected chi connectivity index (χ1v) is 6.22. The van der Waals surface area contributed by atoms with Crippen LogP contribution in [0.4, 0.5) is 0 Å². The predicted molar refractivity (Wildman–Crippen MR) is 71.2 cm³/mol. The highest BCUT2D eigenvalue weighted by Crippen LogP contribution is 2.21. The minimum absolute atomic E-state index is 0.0681. The lowest BCUT2D eigenvalue weighted by Crippen LogP contribution is -2.32. The van der Waals surface area contributed by atoms with Gasteiger partial charge >= 0.3 is 11.9 Å². The van der Waals surface area contributed by atoms with Crippen LogP contribution >= 0.6 is 0 Å². The maximum Gasteiger partial charge on any atom is 0.417 e. The highest BCUT2D eigenvalue weighted by molar-refractivity contribution is 6.29. The summed E-state index contributed by atoms with van der Waals surface area (Å²) in [7, 11) is 0. The van der Waals surface area contributed by atoms with Crippen molar-refractivity contribution >= 4 is 11.9 Å². The van der Waals surface area contributed by atoms with Crippen LogP contribution < -0.4 is 0 Å². The van der Waals surface area contributed by atoms with E-state index in [0.29, 0.717) is 0 Å². The average molecular weight is 264 g/mol. The van der Waals surface area contributed by atoms with Crippen LogP contribution in [-0.4, -0.2) is 18.0 Å². The monoisotopic (exact) mass is 264 g/mol. The van der Waals surface area contributed by atoms with Crippen LogP contribution in [0.5, 0.6) is 0 Å². The molecule has 0 fully saturated rings. The third kappa shape index (κ3) is 5.12. The second-order valence-corrected chi connectivity index (χ2v) is 5.48. The van der Waals surface area contributed by atoms with E-state index in [-0.39, 0.29) is 18.1 Å². The lowest BCUT2D eigenvalue weighted by Gasteiger charge is -2.26. The summed E-state index contributed by atoms with van der Waals surface area (Å²) < 4.78 is 9.94. The van der Waals surface area contributed by atoms with Gasteiger partial charge in [0.2, 0.25) is 0 Å². The molecule has 4 heteroatoms. The minimum Gasteiger partial charge on any atom is -0.454 e. The molecule has 1 atom stereocenters. The Hall–Kier alpha value is -1.84. The predicted octanol–water partition coefficient (Wildman–Crippen LogP) is 2.71. The molecule has 0 aliphatic carbocycles. The Labute approximate surface area is 113 Å². The minimum atomic E-state index is -0.958. The van der Waals surface area contributed by atoms with Crippen molar-refractivity contribution in [1.29, 1.82) is 0 Å². The van der Waals surface area contributed by atoms with Crippen LogP contribution in [0.25, 0.3) is 0 Å². The maximum atomic E-state index is 11.5. The fourth-order valence-electron chi connectivity index (χ4n) is 1.17. The summed E-state index contributed by atoms with van der Waals surface area (Å²) in [5.74, 6) is -1.90. The van der Waals surface area contributed by atoms with E-state index in [1.54, 1.807) is 6.92 Å². The molecule has 1 rings (SSSR count). The van der Waals surface area contributed by atoms with Gasteiger partial charge in [0, 0.05) is 0 Å². The van der Waals surface area contributed by atoms with E-state index in [0.717, 1.165) is 5.56 Å². The molecule has 0 N–H and O–H groups in total. The highest BCUT2D eigenvalue weighted by atomic mass is 16.6. The highest BCUT2D eigenvalue weighted by Gasteiger charge is 2.27. The molecule has 19 heavy (non-hydrogen) atoms. The van der Waals surface area contributed by atoms with E-state index in [9.17, 15) is 9.59 Å². The van der Waals surface area contributed by atoms with E-state index in [1.165, 1.54) is 0 Å². The molecule has 0 saturated heterocycles. The van der Waals surface area contributed by atoms with Gasteiger partial charge in [0.15, 0.2) is 0 Å². The lowest BCUT2D eigenvalue weighted by molar-refractivity contribution is -0.174. The third-order valence-electron chi connectivity index (χ3n) is 2.88. The number of hydrogen-bond acceptors (Lipinski definition) is 4. The Morgan fingerprint density at radius 1 is 1.11 bits per heavy atom. The van der Waals surface area contributed by atoms with Gasteiger partial charge in [-0.3, -0.25) is 0 Å². The third-order valence-corrected chi connectivity index (χ3v) is 2.88. The number of carbonyl (C=O) groups excluding carboxylic acids is 2. The van der Waals surface area contributed by atoms with Crippen molar-refractivity contribution in [2.45, 2.75) is 40.4 Å². The molecule has 0 aromatic heterocycles. The van der Waals surface area contributed by atoms with Crippen LogP contribution in [0, 0.1) is 5.41 Å². The fourth-order valence-corrected chi connectivity index (χ4v) is 1.17. The molecule has 0 unspecified atom stereocenters.